The minimum atomic E-state index is -5.77. The molecule has 1 unspecified atom stereocenters. The van der Waals surface area contributed by atoms with Crippen molar-refractivity contribution in [3.63, 3.8) is 0 Å². The molecule has 0 radical (unpaired) electrons. The van der Waals surface area contributed by atoms with Crippen molar-refractivity contribution in [2.24, 2.45) is 0 Å². The van der Waals surface area contributed by atoms with Crippen molar-refractivity contribution in [1.29, 1.82) is 0 Å². The molecule has 12 heteroatoms. The Hall–Kier alpha value is -2.44. The summed E-state index contributed by atoms with van der Waals surface area (Å²) in [4.78, 5) is 3.90. The van der Waals surface area contributed by atoms with E-state index in [1.165, 1.54) is 25.1 Å². The minimum Gasteiger partial charge on any atom is -0.376 e. The molecular weight excluding hydrogens is 433 g/mol. The number of aromatic nitrogens is 1. The van der Waals surface area contributed by atoms with Gasteiger partial charge in [-0.2, -0.15) is 21.6 Å². The molecule has 0 saturated heterocycles. The quantitative estimate of drug-likeness (QED) is 0.490. The maximum atomic E-state index is 12.3. The highest BCUT2D eigenvalue weighted by Crippen LogP contribution is 2.27. The average molecular weight is 450 g/mol. The van der Waals surface area contributed by atoms with Crippen LogP contribution in [0.2, 0.25) is 0 Å². The third-order valence-electron chi connectivity index (χ3n) is 3.54. The molecule has 1 atom stereocenters. The van der Waals surface area contributed by atoms with Crippen molar-refractivity contribution in [3.8, 4) is 5.75 Å². The molecule has 1 aromatic carbocycles. The number of hydrogen-bond acceptors (Lipinski definition) is 6. The van der Waals surface area contributed by atoms with Crippen molar-refractivity contribution in [1.82, 2.24) is 9.71 Å². The Labute approximate surface area is 166 Å². The molecule has 0 amide bonds. The number of nitrogens with one attached hydrogen (secondary N) is 1. The van der Waals surface area contributed by atoms with Gasteiger partial charge in [0.2, 0.25) is 10.0 Å². The van der Waals surface area contributed by atoms with Gasteiger partial charge < -0.3 is 4.18 Å². The molecule has 1 heterocycles. The van der Waals surface area contributed by atoms with Gasteiger partial charge in [0.15, 0.2) is 0 Å². The van der Waals surface area contributed by atoms with E-state index in [0.717, 1.165) is 17.7 Å². The molecule has 29 heavy (non-hydrogen) atoms. The fourth-order valence-corrected chi connectivity index (χ4v) is 3.74. The van der Waals surface area contributed by atoms with Crippen molar-refractivity contribution in [3.05, 3.63) is 66.0 Å². The number of sulfonamides is 1. The van der Waals surface area contributed by atoms with Crippen LogP contribution in [0.1, 0.15) is 24.1 Å². The highest BCUT2D eigenvalue weighted by Gasteiger charge is 2.48. The van der Waals surface area contributed by atoms with Crippen molar-refractivity contribution in [2.45, 2.75) is 18.5 Å². The van der Waals surface area contributed by atoms with Gasteiger partial charge in [0, 0.05) is 18.4 Å². The van der Waals surface area contributed by atoms with Crippen LogP contribution < -0.4 is 8.91 Å². The Balaban J connectivity index is 1.99. The standard InChI is InChI=1S/C17H17F3N2O5S2/c1-13(22-28(23,24)11-3-5-14-4-2-10-21-12-14)15-6-8-16(9-7-15)27-29(25,26)17(18,19)20/h2-10,12-13,22H,11H2,1H3. The molecule has 2 rings (SSSR count). The number of hydrogen-bond donors (Lipinski definition) is 1. The van der Waals surface area contributed by atoms with E-state index in [-0.39, 0.29) is 5.75 Å². The van der Waals surface area contributed by atoms with Gasteiger partial charge in [-0.1, -0.05) is 30.4 Å². The molecule has 0 aliphatic rings. The second-order valence-corrected chi connectivity index (χ2v) is 9.20. The van der Waals surface area contributed by atoms with Crippen LogP contribution in [-0.2, 0) is 20.1 Å². The number of pyridine rings is 1. The maximum absolute atomic E-state index is 12.3. The van der Waals surface area contributed by atoms with Crippen LogP contribution in [0.25, 0.3) is 6.08 Å². The summed E-state index contributed by atoms with van der Waals surface area (Å²) in [5.41, 5.74) is -4.40. The van der Waals surface area contributed by atoms with Gasteiger partial charge >= 0.3 is 15.6 Å². The molecule has 0 spiro atoms. The van der Waals surface area contributed by atoms with Crippen molar-refractivity contribution >= 4 is 26.2 Å². The molecule has 0 aliphatic carbocycles. The molecular formula is C17H17F3N2O5S2. The van der Waals surface area contributed by atoms with Crippen LogP contribution in [0, 0.1) is 0 Å². The summed E-state index contributed by atoms with van der Waals surface area (Å²) < 4.78 is 89.7. The van der Waals surface area contributed by atoms with Crippen LogP contribution in [-0.4, -0.2) is 33.1 Å². The third kappa shape index (κ3) is 6.84. The topological polar surface area (TPSA) is 102 Å². The summed E-state index contributed by atoms with van der Waals surface area (Å²) in [6, 6.07) is 7.30. The van der Waals surface area contributed by atoms with E-state index in [1.807, 2.05) is 0 Å². The molecule has 158 valence electrons. The Morgan fingerprint density at radius 3 is 2.34 bits per heavy atom. The summed E-state index contributed by atoms with van der Waals surface area (Å²) in [6.45, 7) is 1.53. The zero-order valence-electron chi connectivity index (χ0n) is 15.0. The summed E-state index contributed by atoms with van der Waals surface area (Å²) in [7, 11) is -9.46. The monoisotopic (exact) mass is 450 g/mol. The normalized spacial score (nSPS) is 14.1. The zero-order chi connectivity index (χ0) is 21.7. The number of benzene rings is 1. The van der Waals surface area contributed by atoms with Gasteiger partial charge in [-0.3, -0.25) is 4.98 Å². The van der Waals surface area contributed by atoms with Gasteiger partial charge in [-0.15, -0.1) is 0 Å². The number of rotatable bonds is 8. The van der Waals surface area contributed by atoms with Crippen LogP contribution in [0.15, 0.2) is 54.9 Å². The fourth-order valence-electron chi connectivity index (χ4n) is 2.16. The molecule has 0 aliphatic heterocycles. The summed E-state index contributed by atoms with van der Waals surface area (Å²) in [5.74, 6) is -0.836. The third-order valence-corrected chi connectivity index (χ3v) is 5.86. The Bertz CT molecular complexity index is 1050. The largest absolute Gasteiger partial charge is 0.534 e. The SMILES string of the molecule is CC(NS(=O)(=O)CC=Cc1cccnc1)c1ccc(OS(=O)(=O)C(F)(F)F)cc1. The minimum absolute atomic E-state index is 0.294. The van der Waals surface area contributed by atoms with Gasteiger partial charge in [0.25, 0.3) is 0 Å². The molecule has 0 fully saturated rings. The first-order chi connectivity index (χ1) is 13.4. The highest BCUT2D eigenvalue weighted by molar-refractivity contribution is 7.89. The molecule has 2 aromatic rings. The van der Waals surface area contributed by atoms with Crippen LogP contribution >= 0.6 is 0 Å². The lowest BCUT2D eigenvalue weighted by Gasteiger charge is -2.15. The molecule has 7 nitrogen and oxygen atoms in total. The predicted molar refractivity (Wildman–Crippen MR) is 101 cm³/mol. The van der Waals surface area contributed by atoms with Crippen LogP contribution in [0.5, 0.6) is 5.75 Å². The van der Waals surface area contributed by atoms with E-state index in [2.05, 4.69) is 13.9 Å². The van der Waals surface area contributed by atoms with Crippen molar-refractivity contribution in [2.75, 3.05) is 5.75 Å². The van der Waals surface area contributed by atoms with Gasteiger partial charge in [0.1, 0.15) is 5.75 Å². The zero-order valence-corrected chi connectivity index (χ0v) is 16.6. The van der Waals surface area contributed by atoms with Gasteiger partial charge in [0.05, 0.1) is 5.75 Å². The molecule has 0 saturated carbocycles. The lowest BCUT2D eigenvalue weighted by atomic mass is 10.1. The Morgan fingerprint density at radius 1 is 1.14 bits per heavy atom. The first-order valence-electron chi connectivity index (χ1n) is 8.07. The Morgan fingerprint density at radius 2 is 1.79 bits per heavy atom. The second kappa shape index (κ2) is 8.93. The first kappa shape index (κ1) is 22.8. The lowest BCUT2D eigenvalue weighted by Crippen LogP contribution is -2.29. The molecule has 1 aromatic heterocycles. The van der Waals surface area contributed by atoms with E-state index < -0.39 is 37.4 Å². The van der Waals surface area contributed by atoms with Crippen LogP contribution in [0.4, 0.5) is 13.2 Å². The van der Waals surface area contributed by atoms with Gasteiger partial charge in [-0.05, 0) is 36.2 Å². The average Bonchev–Trinajstić information content (AvgIpc) is 2.61. The van der Waals surface area contributed by atoms with Gasteiger partial charge in [-0.25, -0.2) is 13.1 Å². The molecule has 1 N–H and O–H groups in total. The fraction of sp³-hybridized carbons (Fsp3) is 0.235. The van der Waals surface area contributed by atoms with E-state index in [9.17, 15) is 30.0 Å². The first-order valence-corrected chi connectivity index (χ1v) is 11.1. The summed E-state index contributed by atoms with van der Waals surface area (Å²) in [5, 5.41) is 0. The van der Waals surface area contributed by atoms with E-state index in [4.69, 9.17) is 0 Å². The number of halogens is 3. The van der Waals surface area contributed by atoms with Crippen LogP contribution in [0.3, 0.4) is 0 Å². The summed E-state index contributed by atoms with van der Waals surface area (Å²) >= 11 is 0. The second-order valence-electron chi connectivity index (χ2n) is 5.86. The predicted octanol–water partition coefficient (Wildman–Crippen LogP) is 3.00. The number of nitrogens with zero attached hydrogens (tertiary/aromatic N) is 1. The van der Waals surface area contributed by atoms with E-state index in [0.29, 0.717) is 5.56 Å². The highest BCUT2D eigenvalue weighted by atomic mass is 32.2. The Kier molecular flexibility index (Phi) is 7.03. The summed E-state index contributed by atoms with van der Waals surface area (Å²) in [6.07, 6.45) is 6.21. The number of alkyl halides is 3. The van der Waals surface area contributed by atoms with Crippen molar-refractivity contribution < 1.29 is 34.2 Å². The maximum Gasteiger partial charge on any atom is 0.534 e. The van der Waals surface area contributed by atoms with E-state index in [1.54, 1.807) is 30.6 Å². The lowest BCUT2D eigenvalue weighted by molar-refractivity contribution is -0.0500. The van der Waals surface area contributed by atoms with E-state index >= 15 is 0 Å². The smallest absolute Gasteiger partial charge is 0.376 e. The molecule has 0 bridgehead atoms.